The molecular weight excluding hydrogens is 518 g/mol. The Bertz CT molecular complexity index is 1310. The van der Waals surface area contributed by atoms with Crippen molar-refractivity contribution in [3.8, 4) is 0 Å². The van der Waals surface area contributed by atoms with Crippen molar-refractivity contribution >= 4 is 16.7 Å². The molecule has 212 valence electrons. The standard InChI is InChI=1S/C28H39N5O5S/c1-6-11-32-17-24(30-31-32)18-38-26(28(4,5)27(34)35)22-8-7-20(3)23(13-22)16-33-15-19(2)12-21-9-10-29-14-25(21)39(33,36)37/h7-10,13-14,17,19,26,36-37H,6,11-12,15-16,18H2,1-5H3,(H,34,35)/t19-,26+/m0/s1. The van der Waals surface area contributed by atoms with Crippen molar-refractivity contribution in [2.75, 3.05) is 6.54 Å². The summed E-state index contributed by atoms with van der Waals surface area (Å²) in [4.78, 5) is 16.9. The van der Waals surface area contributed by atoms with E-state index in [4.69, 9.17) is 4.74 Å². The molecule has 2 aromatic heterocycles. The van der Waals surface area contributed by atoms with Gasteiger partial charge in [0.15, 0.2) is 0 Å². The number of nitrogens with zero attached hydrogens (tertiary/aromatic N) is 5. The molecule has 0 amide bonds. The summed E-state index contributed by atoms with van der Waals surface area (Å²) in [6.45, 7) is 11.0. The molecule has 3 aromatic rings. The smallest absolute Gasteiger partial charge is 0.312 e. The molecule has 0 unspecified atom stereocenters. The van der Waals surface area contributed by atoms with Crippen molar-refractivity contribution in [2.24, 2.45) is 11.3 Å². The van der Waals surface area contributed by atoms with E-state index in [2.05, 4.69) is 29.1 Å². The minimum Gasteiger partial charge on any atom is -0.481 e. The Hall–Kier alpha value is -2.83. The van der Waals surface area contributed by atoms with Crippen LogP contribution in [-0.2, 0) is 35.6 Å². The predicted octanol–water partition coefficient (Wildman–Crippen LogP) is 5.48. The molecular formula is C28H39N5O5S. The molecule has 3 N–H and O–H groups in total. The molecule has 0 aliphatic carbocycles. The summed E-state index contributed by atoms with van der Waals surface area (Å²) >= 11 is 0. The number of rotatable bonds is 10. The number of aryl methyl sites for hydroxylation is 2. The summed E-state index contributed by atoms with van der Waals surface area (Å²) in [5, 5.41) is 18.3. The average Bonchev–Trinajstić information content (AvgIpc) is 3.29. The molecule has 1 aliphatic rings. The van der Waals surface area contributed by atoms with Crippen molar-refractivity contribution in [3.05, 3.63) is 70.8 Å². The van der Waals surface area contributed by atoms with Gasteiger partial charge in [0.1, 0.15) is 5.69 Å². The second-order valence-electron chi connectivity index (χ2n) is 11.0. The van der Waals surface area contributed by atoms with Crippen LogP contribution >= 0.6 is 10.8 Å². The Labute approximate surface area is 231 Å². The number of hydrogen-bond donors (Lipinski definition) is 3. The Morgan fingerprint density at radius 1 is 1.28 bits per heavy atom. The highest BCUT2D eigenvalue weighted by Gasteiger charge is 2.40. The van der Waals surface area contributed by atoms with Crippen molar-refractivity contribution in [2.45, 2.75) is 78.2 Å². The number of benzene rings is 1. The summed E-state index contributed by atoms with van der Waals surface area (Å²) < 4.78 is 32.4. The molecule has 4 rings (SSSR count). The fourth-order valence-electron chi connectivity index (χ4n) is 4.97. The third kappa shape index (κ3) is 6.33. The van der Waals surface area contributed by atoms with E-state index >= 15 is 0 Å². The average molecular weight is 558 g/mol. The largest absolute Gasteiger partial charge is 0.481 e. The Morgan fingerprint density at radius 2 is 2.05 bits per heavy atom. The predicted molar refractivity (Wildman–Crippen MR) is 149 cm³/mol. The number of aliphatic carboxylic acids is 1. The first-order valence-corrected chi connectivity index (χ1v) is 14.7. The molecule has 2 atom stereocenters. The number of carboxylic acids is 1. The van der Waals surface area contributed by atoms with Crippen LogP contribution in [0.4, 0.5) is 0 Å². The molecule has 39 heavy (non-hydrogen) atoms. The SMILES string of the molecule is CCCn1cc(CO[C@H](c2ccc(C)c(CN3C[C@@H](C)Cc4ccncc4S3(O)O)c2)C(C)(C)C(=O)O)nn1. The Morgan fingerprint density at radius 3 is 2.77 bits per heavy atom. The number of ether oxygens (including phenoxy) is 1. The molecule has 0 saturated carbocycles. The quantitative estimate of drug-likeness (QED) is 0.296. The highest BCUT2D eigenvalue weighted by Crippen LogP contribution is 2.55. The molecule has 11 heteroatoms. The van der Waals surface area contributed by atoms with Gasteiger partial charge in [-0.1, -0.05) is 37.3 Å². The lowest BCUT2D eigenvalue weighted by molar-refractivity contribution is -0.158. The van der Waals surface area contributed by atoms with Crippen LogP contribution in [0.5, 0.6) is 0 Å². The fraction of sp³-hybridized carbons (Fsp3) is 0.500. The highest BCUT2D eigenvalue weighted by atomic mass is 32.3. The number of carbonyl (C=O) groups is 1. The number of pyridine rings is 1. The van der Waals surface area contributed by atoms with E-state index in [1.54, 1.807) is 35.2 Å². The third-order valence-electron chi connectivity index (χ3n) is 7.27. The number of hydrogen-bond acceptors (Lipinski definition) is 8. The molecule has 0 saturated heterocycles. The summed E-state index contributed by atoms with van der Waals surface area (Å²) in [5.74, 6) is -0.782. The van der Waals surface area contributed by atoms with Gasteiger partial charge in [0.2, 0.25) is 0 Å². The maximum absolute atomic E-state index is 12.3. The zero-order chi connectivity index (χ0) is 28.4. The van der Waals surface area contributed by atoms with Crippen molar-refractivity contribution in [1.29, 1.82) is 0 Å². The van der Waals surface area contributed by atoms with Crippen LogP contribution in [0.3, 0.4) is 0 Å². The molecule has 0 radical (unpaired) electrons. The van der Waals surface area contributed by atoms with E-state index in [0.717, 1.165) is 36.1 Å². The van der Waals surface area contributed by atoms with Gasteiger partial charge in [-0.2, -0.15) is 4.31 Å². The van der Waals surface area contributed by atoms with Crippen LogP contribution in [0.25, 0.3) is 0 Å². The molecule has 0 bridgehead atoms. The second kappa shape index (κ2) is 11.7. The van der Waals surface area contributed by atoms with Crippen LogP contribution < -0.4 is 0 Å². The highest BCUT2D eigenvalue weighted by molar-refractivity contribution is 8.22. The third-order valence-corrected chi connectivity index (χ3v) is 9.23. The second-order valence-corrected chi connectivity index (χ2v) is 13.0. The van der Waals surface area contributed by atoms with Gasteiger partial charge in [-0.05, 0) is 67.9 Å². The van der Waals surface area contributed by atoms with E-state index < -0.39 is 28.3 Å². The lowest BCUT2D eigenvalue weighted by Gasteiger charge is -2.43. The van der Waals surface area contributed by atoms with E-state index in [0.29, 0.717) is 22.7 Å². The number of fused-ring (bicyclic) bond motifs is 1. The molecule has 3 heterocycles. The Kier molecular flexibility index (Phi) is 8.77. The van der Waals surface area contributed by atoms with E-state index in [-0.39, 0.29) is 19.1 Å². The van der Waals surface area contributed by atoms with Crippen molar-refractivity contribution in [3.63, 3.8) is 0 Å². The van der Waals surface area contributed by atoms with Crippen molar-refractivity contribution in [1.82, 2.24) is 24.3 Å². The van der Waals surface area contributed by atoms with Crippen LogP contribution in [0, 0.1) is 18.3 Å². The van der Waals surface area contributed by atoms with Gasteiger partial charge in [0, 0.05) is 25.8 Å². The van der Waals surface area contributed by atoms with Gasteiger partial charge in [0.05, 0.1) is 35.4 Å². The number of aromatic nitrogens is 4. The van der Waals surface area contributed by atoms with Gasteiger partial charge in [0.25, 0.3) is 0 Å². The minimum absolute atomic E-state index is 0.113. The van der Waals surface area contributed by atoms with Crippen LogP contribution in [0.15, 0.2) is 47.8 Å². The molecule has 10 nitrogen and oxygen atoms in total. The summed E-state index contributed by atoms with van der Waals surface area (Å²) in [5.41, 5.74) is 2.82. The van der Waals surface area contributed by atoms with Gasteiger partial charge in [-0.15, -0.1) is 15.9 Å². The number of carboxylic acid groups (broad SMARTS) is 1. The Balaban J connectivity index is 1.64. The van der Waals surface area contributed by atoms with Crippen LogP contribution in [-0.4, -0.2) is 51.0 Å². The van der Waals surface area contributed by atoms with E-state index in [1.165, 1.54) is 0 Å². The monoisotopic (exact) mass is 557 g/mol. The van der Waals surface area contributed by atoms with Gasteiger partial charge < -0.3 is 9.84 Å². The van der Waals surface area contributed by atoms with Crippen molar-refractivity contribution < 1.29 is 23.7 Å². The fourth-order valence-corrected chi connectivity index (χ4v) is 6.73. The van der Waals surface area contributed by atoms with E-state index in [1.807, 2.05) is 37.4 Å². The minimum atomic E-state index is -3.26. The maximum atomic E-state index is 12.3. The first-order chi connectivity index (χ1) is 18.4. The molecule has 0 spiro atoms. The molecule has 1 aliphatic heterocycles. The first kappa shape index (κ1) is 29.2. The molecule has 1 aromatic carbocycles. The van der Waals surface area contributed by atoms with Gasteiger partial charge in [-0.3, -0.25) is 23.6 Å². The normalized spacial score (nSPS) is 19.2. The van der Waals surface area contributed by atoms with E-state index in [9.17, 15) is 19.0 Å². The first-order valence-electron chi connectivity index (χ1n) is 13.2. The zero-order valence-electron chi connectivity index (χ0n) is 23.2. The van der Waals surface area contributed by atoms with Gasteiger partial charge in [-0.25, -0.2) is 0 Å². The zero-order valence-corrected chi connectivity index (χ0v) is 24.1. The summed E-state index contributed by atoms with van der Waals surface area (Å²) in [7, 11) is -3.26. The maximum Gasteiger partial charge on any atom is 0.312 e. The lowest BCUT2D eigenvalue weighted by Crippen LogP contribution is -2.33. The summed E-state index contributed by atoms with van der Waals surface area (Å²) in [6, 6.07) is 7.59. The lowest BCUT2D eigenvalue weighted by atomic mass is 9.81. The van der Waals surface area contributed by atoms with Crippen LogP contribution in [0.2, 0.25) is 0 Å². The molecule has 0 fully saturated rings. The summed E-state index contributed by atoms with van der Waals surface area (Å²) in [6.07, 6.45) is 5.92. The van der Waals surface area contributed by atoms with Gasteiger partial charge >= 0.3 is 5.97 Å². The topological polar surface area (TPSA) is 134 Å². The van der Waals surface area contributed by atoms with Crippen LogP contribution in [0.1, 0.15) is 68.2 Å².